The predicted molar refractivity (Wildman–Crippen MR) is 148 cm³/mol. The predicted octanol–water partition coefficient (Wildman–Crippen LogP) is 9.34. The lowest BCUT2D eigenvalue weighted by Gasteiger charge is -2.20. The molecule has 7 heteroatoms. The van der Waals surface area contributed by atoms with Gasteiger partial charge < -0.3 is 10.6 Å². The molecule has 0 radical (unpaired) electrons. The number of amides is 2. The van der Waals surface area contributed by atoms with Gasteiger partial charge in [0.15, 0.2) is 0 Å². The normalized spacial score (nSPS) is 13.3. The summed E-state index contributed by atoms with van der Waals surface area (Å²) in [7, 11) is 0. The first kappa shape index (κ1) is 24.9. The first-order chi connectivity index (χ1) is 18.8. The molecule has 1 aliphatic rings. The minimum atomic E-state index is -4.86. The van der Waals surface area contributed by atoms with Crippen molar-refractivity contribution in [3.05, 3.63) is 107 Å². The lowest BCUT2D eigenvalue weighted by Crippen LogP contribution is -2.20. The number of aryl methyl sites for hydroxylation is 2. The van der Waals surface area contributed by atoms with Crippen LogP contribution in [0.1, 0.15) is 29.5 Å². The highest BCUT2D eigenvalue weighted by molar-refractivity contribution is 6.14. The molecule has 0 heterocycles. The fraction of sp³-hybridized carbons (Fsp3) is 0.156. The van der Waals surface area contributed by atoms with Crippen LogP contribution in [-0.4, -0.2) is 6.03 Å². The minimum Gasteiger partial charge on any atom is -0.308 e. The van der Waals surface area contributed by atoms with Crippen LogP contribution in [-0.2, 0) is 19.0 Å². The number of hydrogen-bond acceptors (Lipinski definition) is 1. The van der Waals surface area contributed by atoms with Gasteiger partial charge in [-0.05, 0) is 106 Å². The van der Waals surface area contributed by atoms with Crippen molar-refractivity contribution in [2.45, 2.75) is 31.9 Å². The van der Waals surface area contributed by atoms with Crippen molar-refractivity contribution in [2.75, 3.05) is 10.6 Å². The minimum absolute atomic E-state index is 0.163. The topological polar surface area (TPSA) is 41.1 Å². The lowest BCUT2D eigenvalue weighted by atomic mass is 9.84. The summed E-state index contributed by atoms with van der Waals surface area (Å²) in [5.74, 6) is -1.40. The Morgan fingerprint density at radius 3 is 2.13 bits per heavy atom. The van der Waals surface area contributed by atoms with Gasteiger partial charge in [0.05, 0.1) is 5.56 Å². The smallest absolute Gasteiger partial charge is 0.308 e. The van der Waals surface area contributed by atoms with Crippen LogP contribution in [0.2, 0.25) is 0 Å². The molecule has 1 aliphatic carbocycles. The number of hydrogen-bond donors (Lipinski definition) is 2. The third-order valence-corrected chi connectivity index (χ3v) is 7.36. The Morgan fingerprint density at radius 2 is 1.36 bits per heavy atom. The largest absolute Gasteiger partial charge is 0.419 e. The number of urea groups is 1. The van der Waals surface area contributed by atoms with Crippen molar-refractivity contribution in [1.29, 1.82) is 0 Å². The lowest BCUT2D eigenvalue weighted by molar-refractivity contribution is -0.139. The van der Waals surface area contributed by atoms with Crippen LogP contribution in [0.4, 0.5) is 33.7 Å². The van der Waals surface area contributed by atoms with Gasteiger partial charge >= 0.3 is 12.2 Å². The van der Waals surface area contributed by atoms with E-state index in [-0.39, 0.29) is 5.69 Å². The zero-order chi connectivity index (χ0) is 27.1. The van der Waals surface area contributed by atoms with Gasteiger partial charge in [-0.1, -0.05) is 48.5 Å². The van der Waals surface area contributed by atoms with E-state index in [2.05, 4.69) is 47.0 Å². The fourth-order valence-electron chi connectivity index (χ4n) is 5.52. The van der Waals surface area contributed by atoms with E-state index < -0.39 is 23.6 Å². The van der Waals surface area contributed by atoms with Gasteiger partial charge in [0.1, 0.15) is 5.82 Å². The summed E-state index contributed by atoms with van der Waals surface area (Å²) in [5, 5.41) is 9.81. The first-order valence-electron chi connectivity index (χ1n) is 12.8. The summed E-state index contributed by atoms with van der Waals surface area (Å²) >= 11 is 0. The summed E-state index contributed by atoms with van der Waals surface area (Å²) in [4.78, 5) is 12.4. The quantitative estimate of drug-likeness (QED) is 0.178. The van der Waals surface area contributed by atoms with E-state index >= 15 is 0 Å². The Hall–Kier alpha value is -4.39. The van der Waals surface area contributed by atoms with Crippen LogP contribution in [0.3, 0.4) is 0 Å². The maximum Gasteiger partial charge on any atom is 0.419 e. The molecule has 5 aromatic rings. The van der Waals surface area contributed by atoms with Gasteiger partial charge in [-0.25, -0.2) is 9.18 Å². The third kappa shape index (κ3) is 4.80. The van der Waals surface area contributed by atoms with Gasteiger partial charge in [-0.3, -0.25) is 0 Å². The Kier molecular flexibility index (Phi) is 6.22. The van der Waals surface area contributed by atoms with Gasteiger partial charge in [-0.15, -0.1) is 0 Å². The number of carbonyl (C=O) groups is 1. The second kappa shape index (κ2) is 9.73. The molecule has 0 saturated carbocycles. The molecule has 39 heavy (non-hydrogen) atoms. The van der Waals surface area contributed by atoms with E-state index in [4.69, 9.17) is 0 Å². The van der Waals surface area contributed by atoms with Crippen LogP contribution in [0.25, 0.3) is 32.7 Å². The van der Waals surface area contributed by atoms with Gasteiger partial charge in [0.25, 0.3) is 0 Å². The maximum absolute atomic E-state index is 13.5. The maximum atomic E-state index is 13.5. The van der Waals surface area contributed by atoms with E-state index in [9.17, 15) is 22.4 Å². The fourth-order valence-corrected chi connectivity index (χ4v) is 5.52. The number of rotatable bonds is 3. The molecule has 3 nitrogen and oxygen atoms in total. The first-order valence-corrected chi connectivity index (χ1v) is 12.8. The Bertz CT molecular complexity index is 1730. The molecule has 0 aliphatic heterocycles. The van der Waals surface area contributed by atoms with Crippen LogP contribution in [0.15, 0.2) is 84.9 Å². The van der Waals surface area contributed by atoms with Crippen molar-refractivity contribution in [1.82, 2.24) is 0 Å². The number of nitrogens with one attached hydrogen (secondary N) is 2. The summed E-state index contributed by atoms with van der Waals surface area (Å²) in [5.41, 5.74) is 3.80. The molecular weight excluding hydrogens is 504 g/mol. The molecule has 2 N–H and O–H groups in total. The number of fused-ring (bicyclic) bond motifs is 5. The van der Waals surface area contributed by atoms with Gasteiger partial charge in [0.2, 0.25) is 0 Å². The van der Waals surface area contributed by atoms with Crippen molar-refractivity contribution in [3.8, 4) is 11.1 Å². The molecule has 0 unspecified atom stereocenters. The molecule has 0 fully saturated rings. The molecular formula is C32H24F4N2O. The number of halogens is 4. The Labute approximate surface area is 222 Å². The monoisotopic (exact) mass is 528 g/mol. The summed E-state index contributed by atoms with van der Waals surface area (Å²) in [6, 6.07) is 24.0. The second-order valence-electron chi connectivity index (χ2n) is 9.82. The van der Waals surface area contributed by atoms with E-state index in [1.165, 1.54) is 40.1 Å². The highest BCUT2D eigenvalue weighted by Crippen LogP contribution is 2.39. The average Bonchev–Trinajstić information content (AvgIpc) is 2.93. The molecule has 6 rings (SSSR count). The number of benzene rings is 5. The number of carbonyl (C=O) groups excluding carboxylic acids is 1. The van der Waals surface area contributed by atoms with Gasteiger partial charge in [0, 0.05) is 11.4 Å². The SMILES string of the molecule is O=C(Nc1ccc(-c2cc3c4c(ccc3c3ccccc23)CCCC4)cc1)Nc1ccc(F)c(C(F)(F)F)c1. The molecule has 0 bridgehead atoms. The standard InChI is InChI=1S/C32H24F4N2O/c33-30-16-14-22(17-29(30)32(34,35)36)38-31(39)37-21-12-9-20(10-13-21)27-18-28-23-6-2-1-5-19(23)11-15-26(28)24-7-3-4-8-25(24)27/h3-4,7-18H,1-2,5-6H2,(H2,37,38,39). The van der Waals surface area contributed by atoms with Crippen molar-refractivity contribution < 1.29 is 22.4 Å². The van der Waals surface area contributed by atoms with Crippen LogP contribution in [0, 0.1) is 5.82 Å². The highest BCUT2D eigenvalue weighted by Gasteiger charge is 2.34. The molecule has 196 valence electrons. The van der Waals surface area contributed by atoms with Crippen LogP contribution < -0.4 is 10.6 Å². The number of anilines is 2. The summed E-state index contributed by atoms with van der Waals surface area (Å²) < 4.78 is 52.5. The molecule has 2 amide bonds. The summed E-state index contributed by atoms with van der Waals surface area (Å²) in [6.07, 6.45) is -0.287. The molecule has 0 atom stereocenters. The molecule has 0 aromatic heterocycles. The number of alkyl halides is 3. The zero-order valence-corrected chi connectivity index (χ0v) is 20.8. The van der Waals surface area contributed by atoms with Crippen LogP contribution >= 0.6 is 0 Å². The van der Waals surface area contributed by atoms with Gasteiger partial charge in [-0.2, -0.15) is 13.2 Å². The highest BCUT2D eigenvalue weighted by atomic mass is 19.4. The average molecular weight is 529 g/mol. The van der Waals surface area contributed by atoms with E-state index in [1.807, 2.05) is 18.2 Å². The molecule has 0 spiro atoms. The molecule has 0 saturated heterocycles. The van der Waals surface area contributed by atoms with Crippen molar-refractivity contribution >= 4 is 39.0 Å². The third-order valence-electron chi connectivity index (χ3n) is 7.36. The molecule has 5 aromatic carbocycles. The van der Waals surface area contributed by atoms with E-state index in [1.54, 1.807) is 12.1 Å². The van der Waals surface area contributed by atoms with Crippen molar-refractivity contribution in [3.63, 3.8) is 0 Å². The zero-order valence-electron chi connectivity index (χ0n) is 20.8. The second-order valence-corrected chi connectivity index (χ2v) is 9.82. The Balaban J connectivity index is 1.29. The Morgan fingerprint density at radius 1 is 0.692 bits per heavy atom. The van der Waals surface area contributed by atoms with E-state index in [0.29, 0.717) is 17.8 Å². The van der Waals surface area contributed by atoms with Crippen molar-refractivity contribution in [2.24, 2.45) is 0 Å². The van der Waals surface area contributed by atoms with E-state index in [0.717, 1.165) is 35.4 Å². The van der Waals surface area contributed by atoms with Crippen LogP contribution in [0.5, 0.6) is 0 Å². The summed E-state index contributed by atoms with van der Waals surface area (Å²) in [6.45, 7) is 0.